The van der Waals surface area contributed by atoms with Crippen LogP contribution >= 0.6 is 15.9 Å². The second-order valence-electron chi connectivity index (χ2n) is 11.4. The van der Waals surface area contributed by atoms with Crippen molar-refractivity contribution >= 4 is 50.8 Å². The third kappa shape index (κ3) is 4.68. The molecule has 2 aliphatic heterocycles. The summed E-state index contributed by atoms with van der Waals surface area (Å²) >= 11 is 3.53. The van der Waals surface area contributed by atoms with Crippen LogP contribution in [-0.2, 0) is 20.0 Å². The summed E-state index contributed by atoms with van der Waals surface area (Å²) in [5, 5.41) is 2.91. The molecule has 36 heavy (non-hydrogen) atoms. The minimum absolute atomic E-state index is 0.160. The van der Waals surface area contributed by atoms with E-state index in [9.17, 15) is 9.00 Å². The van der Waals surface area contributed by atoms with Gasteiger partial charge in [-0.15, -0.1) is 0 Å². The smallest absolute Gasteiger partial charge is 0.413 e. The number of nitrogens with one attached hydrogen (secondary N) is 1. The third-order valence-corrected chi connectivity index (χ3v) is 17.6. The predicted octanol–water partition coefficient (Wildman–Crippen LogP) is 5.87. The summed E-state index contributed by atoms with van der Waals surface area (Å²) in [6.07, 6.45) is -0.197. The summed E-state index contributed by atoms with van der Waals surface area (Å²) in [7, 11) is -5.08. The van der Waals surface area contributed by atoms with Crippen LogP contribution in [0.2, 0.25) is 18.1 Å². The largest absolute Gasteiger partial charge is 0.444 e. The van der Waals surface area contributed by atoms with Crippen molar-refractivity contribution in [3.05, 3.63) is 22.2 Å². The molecule has 3 atom stereocenters. The van der Waals surface area contributed by atoms with Crippen LogP contribution < -0.4 is 10.5 Å². The van der Waals surface area contributed by atoms with Crippen molar-refractivity contribution in [1.82, 2.24) is 10.3 Å². The monoisotopic (exact) mass is 602 g/mol. The highest BCUT2D eigenvalue weighted by molar-refractivity contribution is 9.10. The molecule has 3 heterocycles. The van der Waals surface area contributed by atoms with Gasteiger partial charge in [0.05, 0.1) is 23.1 Å². The Hall–Kier alpha value is -1.33. The number of amides is 1. The zero-order chi connectivity index (χ0) is 27.3. The molecule has 0 fully saturated rings. The van der Waals surface area contributed by atoms with Gasteiger partial charge in [-0.2, -0.15) is 0 Å². The van der Waals surface area contributed by atoms with E-state index < -0.39 is 45.0 Å². The Balaban J connectivity index is 2.29. The second-order valence-corrected chi connectivity index (χ2v) is 20.5. The first-order valence-electron chi connectivity index (χ1n) is 12.7. The molecular formula is C25H40BrFN4O3SSi. The molecule has 0 saturated heterocycles. The van der Waals surface area contributed by atoms with E-state index in [4.69, 9.17) is 9.73 Å². The van der Waals surface area contributed by atoms with Crippen LogP contribution in [0, 0.1) is 5.82 Å². The quantitative estimate of drug-likeness (QED) is 0.337. The lowest BCUT2D eigenvalue weighted by atomic mass is 9.89. The molecule has 0 spiro atoms. The molecule has 1 aromatic heterocycles. The molecule has 0 aliphatic carbocycles. The summed E-state index contributed by atoms with van der Waals surface area (Å²) in [6.45, 7) is 17.4. The van der Waals surface area contributed by atoms with Crippen LogP contribution in [0.3, 0.4) is 0 Å². The first-order chi connectivity index (χ1) is 16.5. The Morgan fingerprint density at radius 1 is 1.25 bits per heavy atom. The number of hydrogen-bond acceptors (Lipinski definition) is 6. The fourth-order valence-corrected chi connectivity index (χ4v) is 13.0. The van der Waals surface area contributed by atoms with Crippen molar-refractivity contribution in [3.8, 4) is 0 Å². The molecule has 1 amide bonds. The predicted molar refractivity (Wildman–Crippen MR) is 151 cm³/mol. The highest BCUT2D eigenvalue weighted by atomic mass is 79.9. The third-order valence-electron chi connectivity index (χ3n) is 7.96. The molecular weight excluding hydrogens is 563 g/mol. The topological polar surface area (TPSA) is 93.0 Å². The van der Waals surface area contributed by atoms with E-state index in [0.717, 1.165) is 23.3 Å². The maximum absolute atomic E-state index is 16.6. The molecule has 1 aromatic rings. The number of aromatic nitrogens is 1. The number of hydrogen-bond donors (Lipinski definition) is 1. The number of pyridine rings is 1. The van der Waals surface area contributed by atoms with E-state index in [1.165, 1.54) is 0 Å². The Morgan fingerprint density at radius 2 is 1.83 bits per heavy atom. The van der Waals surface area contributed by atoms with Gasteiger partial charge < -0.3 is 4.74 Å². The summed E-state index contributed by atoms with van der Waals surface area (Å²) in [5.74, 6) is -0.189. The van der Waals surface area contributed by atoms with Crippen LogP contribution in [0.5, 0.6) is 0 Å². The molecule has 1 N–H and O–H groups in total. The zero-order valence-electron chi connectivity index (χ0n) is 22.9. The van der Waals surface area contributed by atoms with Crippen molar-refractivity contribution in [2.75, 3.05) is 6.54 Å². The number of carbonyl (C=O) groups excluding carboxylic acids is 1. The van der Waals surface area contributed by atoms with Crippen LogP contribution in [0.25, 0.3) is 0 Å². The maximum Gasteiger partial charge on any atom is 0.413 e. The number of amidine groups is 1. The van der Waals surface area contributed by atoms with E-state index in [-0.39, 0.29) is 17.3 Å². The Labute approximate surface area is 224 Å². The minimum Gasteiger partial charge on any atom is -0.444 e. The number of rotatable bonds is 5. The normalized spacial score (nSPS) is 27.6. The molecule has 0 saturated carbocycles. The molecule has 2 aliphatic rings. The highest BCUT2D eigenvalue weighted by Gasteiger charge is 2.59. The van der Waals surface area contributed by atoms with Crippen molar-refractivity contribution in [2.24, 2.45) is 9.36 Å². The number of fused-ring (bicyclic) bond motifs is 1. The summed E-state index contributed by atoms with van der Waals surface area (Å²) < 4.78 is 40.6. The molecule has 0 unspecified atom stereocenters. The van der Waals surface area contributed by atoms with Crippen LogP contribution in [0.4, 0.5) is 9.18 Å². The van der Waals surface area contributed by atoms with Gasteiger partial charge in [0.15, 0.2) is 0 Å². The lowest BCUT2D eigenvalue weighted by molar-refractivity contribution is 0.0560. The Morgan fingerprint density at radius 3 is 2.36 bits per heavy atom. The fraction of sp³-hybridized carbons (Fsp3) is 0.720. The van der Waals surface area contributed by atoms with Gasteiger partial charge in [-0.25, -0.2) is 22.7 Å². The number of aliphatic imine (C=N–C) groups is 1. The second kappa shape index (κ2) is 9.76. The van der Waals surface area contributed by atoms with Crippen LogP contribution in [-0.4, -0.2) is 51.3 Å². The van der Waals surface area contributed by atoms with Gasteiger partial charge in [-0.1, -0.05) is 38.9 Å². The molecule has 202 valence electrons. The van der Waals surface area contributed by atoms with Gasteiger partial charge in [0.25, 0.3) is 0 Å². The summed E-state index contributed by atoms with van der Waals surface area (Å²) in [4.78, 5) is 22.3. The lowest BCUT2D eigenvalue weighted by Crippen LogP contribution is -2.61. The summed E-state index contributed by atoms with van der Waals surface area (Å²) in [6, 6.07) is 4.53. The Bertz CT molecular complexity index is 1190. The standard InChI is InChI=1S/C25H40BrFN4O3SSi/c1-10-36(11-2,12-3)16-15-18(26)29-20(19(16)27)25(9)17-13-14-28-35(17,33)24(7,8)21(31-25)30-22(32)34-23(4,5)6/h15,17H,10-14H2,1-9H3,(H,30,31,32)/t17-,25-,35+/m0/s1. The summed E-state index contributed by atoms with van der Waals surface area (Å²) in [5.41, 5.74) is -1.85. The maximum atomic E-state index is 16.6. The molecule has 7 nitrogen and oxygen atoms in total. The number of halogens is 2. The molecule has 0 radical (unpaired) electrons. The van der Waals surface area contributed by atoms with E-state index in [2.05, 4.69) is 51.4 Å². The number of nitrogens with zero attached hydrogens (tertiary/aromatic N) is 3. The van der Waals surface area contributed by atoms with Gasteiger partial charge >= 0.3 is 6.09 Å². The van der Waals surface area contributed by atoms with Gasteiger partial charge in [-0.05, 0) is 75.1 Å². The number of ether oxygens (including phenoxy) is 1. The van der Waals surface area contributed by atoms with E-state index in [1.807, 2.05) is 6.07 Å². The van der Waals surface area contributed by atoms with Crippen LogP contribution in [0.1, 0.15) is 74.4 Å². The highest BCUT2D eigenvalue weighted by Crippen LogP contribution is 2.48. The van der Waals surface area contributed by atoms with Gasteiger partial charge in [-0.3, -0.25) is 10.3 Å². The average molecular weight is 604 g/mol. The van der Waals surface area contributed by atoms with Gasteiger partial charge in [0.1, 0.15) is 37.8 Å². The first kappa shape index (κ1) is 29.2. The molecule has 11 heteroatoms. The Kier molecular flexibility index (Phi) is 7.92. The molecule has 0 aromatic carbocycles. The van der Waals surface area contributed by atoms with Crippen molar-refractivity contribution in [3.63, 3.8) is 0 Å². The van der Waals surface area contributed by atoms with Gasteiger partial charge in [0.2, 0.25) is 0 Å². The fourth-order valence-electron chi connectivity index (χ4n) is 5.57. The van der Waals surface area contributed by atoms with Crippen molar-refractivity contribution < 1.29 is 18.1 Å². The number of carbonyl (C=O) groups is 1. The lowest BCUT2D eigenvalue weighted by Gasteiger charge is -2.45. The average Bonchev–Trinajstić information content (AvgIpc) is 3.19. The SMILES string of the molecule is CC[Si](CC)(CC)c1cc(Br)nc([C@@]2(C)N=C(NC(=O)OC(C)(C)C)C(C)(C)[S@@]3(=O)=NCC[C@@H]23)c1F. The van der Waals surface area contributed by atoms with E-state index in [1.54, 1.807) is 41.5 Å². The van der Waals surface area contributed by atoms with Gasteiger partial charge in [0, 0.05) is 6.54 Å². The molecule has 3 rings (SSSR count). The molecule has 0 bridgehead atoms. The van der Waals surface area contributed by atoms with E-state index >= 15 is 4.39 Å². The van der Waals surface area contributed by atoms with E-state index in [0.29, 0.717) is 17.6 Å². The van der Waals surface area contributed by atoms with Crippen LogP contribution in [0.15, 0.2) is 20.0 Å². The first-order valence-corrected chi connectivity index (χ1v) is 17.7. The zero-order valence-corrected chi connectivity index (χ0v) is 26.3. The minimum atomic E-state index is -2.95. The van der Waals surface area contributed by atoms with Crippen molar-refractivity contribution in [1.29, 1.82) is 0 Å². The van der Waals surface area contributed by atoms with Crippen molar-refractivity contribution in [2.45, 2.75) is 108 Å². The number of alkyl carbamates (subject to hydrolysis) is 1.